The summed E-state index contributed by atoms with van der Waals surface area (Å²) in [4.78, 5) is 21.0. The summed E-state index contributed by atoms with van der Waals surface area (Å²) in [5.41, 5.74) is 0. The Bertz CT molecular complexity index is 583. The van der Waals surface area contributed by atoms with Crippen LogP contribution in [0.3, 0.4) is 0 Å². The fourth-order valence-corrected chi connectivity index (χ4v) is 6.37. The molecule has 186 valence electrons. The summed E-state index contributed by atoms with van der Waals surface area (Å²) < 4.78 is 6.23. The van der Waals surface area contributed by atoms with Crippen molar-refractivity contribution >= 4 is 30.8 Å². The number of rotatable bonds is 10. The Morgan fingerprint density at radius 3 is 1.58 bits per heavy atom. The number of hydrogen-bond donors (Lipinski definition) is 2. The Balaban J connectivity index is 5.21. The maximum atomic E-state index is 13.3. The first-order valence-corrected chi connectivity index (χ1v) is 21.1. The van der Waals surface area contributed by atoms with Crippen molar-refractivity contribution in [2.24, 2.45) is 0 Å². The summed E-state index contributed by atoms with van der Waals surface area (Å²) in [5, 5.41) is 0.538. The second-order valence-corrected chi connectivity index (χ2v) is 28.9. The standard InChI is InChI=1S/C24H56N2O2Si3/c1-22(2,3)29(10,11)25-19-17-16-18-20(26-30(12,13)23(4,5)6)21(27)28-31(14,15)24(7,8)9/h20,25-26H,16-19H2,1-15H3. The highest BCUT2D eigenvalue weighted by molar-refractivity contribution is 6.78. The van der Waals surface area contributed by atoms with Gasteiger partial charge in [-0.3, -0.25) is 4.79 Å². The Morgan fingerprint density at radius 1 is 0.742 bits per heavy atom. The van der Waals surface area contributed by atoms with Gasteiger partial charge < -0.3 is 14.4 Å². The van der Waals surface area contributed by atoms with E-state index in [9.17, 15) is 4.79 Å². The fourth-order valence-electron chi connectivity index (χ4n) is 2.52. The number of hydrogen-bond acceptors (Lipinski definition) is 4. The highest BCUT2D eigenvalue weighted by atomic mass is 28.4. The Kier molecular flexibility index (Phi) is 10.5. The third-order valence-corrected chi connectivity index (χ3v) is 22.2. The lowest BCUT2D eigenvalue weighted by atomic mass is 10.1. The molecule has 0 radical (unpaired) electrons. The fraction of sp³-hybridized carbons (Fsp3) is 0.958. The molecule has 0 aromatic heterocycles. The van der Waals surface area contributed by atoms with Crippen LogP contribution in [0.1, 0.15) is 81.6 Å². The SMILES string of the molecule is CC(C)(C)[Si](C)(C)NCCCCC(N[Si](C)(C)C(C)(C)C)C(=O)O[Si](C)(C)C(C)(C)C. The zero-order valence-corrected chi connectivity index (χ0v) is 26.7. The van der Waals surface area contributed by atoms with E-state index >= 15 is 0 Å². The van der Waals surface area contributed by atoms with Crippen molar-refractivity contribution in [1.82, 2.24) is 9.96 Å². The van der Waals surface area contributed by atoms with Gasteiger partial charge in [0.05, 0.1) is 6.04 Å². The molecule has 0 aliphatic heterocycles. The second-order valence-electron chi connectivity index (χ2n) is 14.1. The molecule has 1 atom stereocenters. The van der Waals surface area contributed by atoms with E-state index in [1.165, 1.54) is 0 Å². The molecule has 7 heteroatoms. The molecular formula is C24H56N2O2Si3. The van der Waals surface area contributed by atoms with Crippen LogP contribution in [0.25, 0.3) is 0 Å². The molecule has 0 rings (SSSR count). The quantitative estimate of drug-likeness (QED) is 0.251. The average Bonchev–Trinajstić information content (AvgIpc) is 2.49. The van der Waals surface area contributed by atoms with Crippen LogP contribution in [0.2, 0.25) is 54.4 Å². The first kappa shape index (κ1) is 31.0. The maximum Gasteiger partial charge on any atom is 0.309 e. The summed E-state index contributed by atoms with van der Waals surface area (Å²) >= 11 is 0. The van der Waals surface area contributed by atoms with Gasteiger partial charge in [-0.15, -0.1) is 0 Å². The topological polar surface area (TPSA) is 50.4 Å². The van der Waals surface area contributed by atoms with Crippen LogP contribution in [-0.2, 0) is 9.22 Å². The zero-order chi connectivity index (χ0) is 25.1. The number of carbonyl (C=O) groups is 1. The van der Waals surface area contributed by atoms with Gasteiger partial charge in [0.2, 0.25) is 0 Å². The normalized spacial score (nSPS) is 15.7. The van der Waals surface area contributed by atoms with Crippen LogP contribution in [0.5, 0.6) is 0 Å². The minimum absolute atomic E-state index is 0.0251. The molecule has 0 saturated carbocycles. The van der Waals surface area contributed by atoms with Gasteiger partial charge in [0.15, 0.2) is 0 Å². The Morgan fingerprint density at radius 2 is 1.19 bits per heavy atom. The van der Waals surface area contributed by atoms with Crippen molar-refractivity contribution in [3.63, 3.8) is 0 Å². The third-order valence-electron chi connectivity index (χ3n) is 8.22. The van der Waals surface area contributed by atoms with Crippen molar-refractivity contribution in [2.75, 3.05) is 6.54 Å². The molecule has 0 bridgehead atoms. The van der Waals surface area contributed by atoms with Crippen LogP contribution in [0.4, 0.5) is 0 Å². The molecule has 0 spiro atoms. The molecule has 0 aromatic carbocycles. The van der Waals surface area contributed by atoms with Crippen molar-refractivity contribution in [1.29, 1.82) is 0 Å². The molecule has 1 unspecified atom stereocenters. The number of carbonyl (C=O) groups excluding carboxylic acids is 1. The first-order valence-electron chi connectivity index (χ1n) is 12.2. The van der Waals surface area contributed by atoms with E-state index in [-0.39, 0.29) is 22.1 Å². The van der Waals surface area contributed by atoms with Crippen LogP contribution in [0.15, 0.2) is 0 Å². The van der Waals surface area contributed by atoms with Crippen LogP contribution in [0, 0.1) is 0 Å². The molecule has 0 aliphatic carbocycles. The van der Waals surface area contributed by atoms with Gasteiger partial charge in [0.25, 0.3) is 8.32 Å². The van der Waals surface area contributed by atoms with Crippen LogP contribution >= 0.6 is 0 Å². The largest absolute Gasteiger partial charge is 0.518 e. The van der Waals surface area contributed by atoms with Gasteiger partial charge >= 0.3 is 5.97 Å². The van der Waals surface area contributed by atoms with Gasteiger partial charge in [-0.1, -0.05) is 94.9 Å². The molecule has 0 amide bonds. The summed E-state index contributed by atoms with van der Waals surface area (Å²) in [6.45, 7) is 35.3. The smallest absolute Gasteiger partial charge is 0.309 e. The number of nitrogens with one attached hydrogen (secondary N) is 2. The average molecular weight is 489 g/mol. The highest BCUT2D eigenvalue weighted by Crippen LogP contribution is 2.38. The molecule has 0 fully saturated rings. The summed E-state index contributed by atoms with van der Waals surface area (Å²) in [6, 6.07) is -0.206. The number of unbranched alkanes of at least 4 members (excludes halogenated alkanes) is 1. The van der Waals surface area contributed by atoms with Gasteiger partial charge in [0, 0.05) is 0 Å². The predicted octanol–water partition coefficient (Wildman–Crippen LogP) is 7.26. The molecule has 0 aromatic rings. The van der Waals surface area contributed by atoms with Crippen molar-refractivity contribution < 1.29 is 9.22 Å². The van der Waals surface area contributed by atoms with E-state index in [0.717, 1.165) is 25.8 Å². The van der Waals surface area contributed by atoms with Crippen LogP contribution < -0.4 is 9.96 Å². The minimum atomic E-state index is -2.13. The Hall–Kier alpha value is 0.0406. The highest BCUT2D eigenvalue weighted by Gasteiger charge is 2.44. The van der Waals surface area contributed by atoms with Gasteiger partial charge in [-0.05, 0) is 47.6 Å². The van der Waals surface area contributed by atoms with E-state index in [0.29, 0.717) is 5.04 Å². The molecule has 4 nitrogen and oxygen atoms in total. The van der Waals surface area contributed by atoms with Crippen molar-refractivity contribution in [2.45, 2.75) is 142 Å². The lowest BCUT2D eigenvalue weighted by molar-refractivity contribution is -0.137. The summed E-state index contributed by atoms with van der Waals surface area (Å²) in [5.74, 6) is -0.0335. The van der Waals surface area contributed by atoms with E-state index in [2.05, 4.69) is 112 Å². The van der Waals surface area contributed by atoms with E-state index in [1.807, 2.05) is 0 Å². The molecule has 31 heavy (non-hydrogen) atoms. The monoisotopic (exact) mass is 488 g/mol. The lowest BCUT2D eigenvalue weighted by Crippen LogP contribution is -2.59. The second kappa shape index (κ2) is 10.5. The first-order chi connectivity index (χ1) is 13.4. The zero-order valence-electron chi connectivity index (χ0n) is 23.7. The molecule has 0 aliphatic rings. The molecule has 2 N–H and O–H groups in total. The van der Waals surface area contributed by atoms with Crippen molar-refractivity contribution in [3.8, 4) is 0 Å². The van der Waals surface area contributed by atoms with Crippen molar-refractivity contribution in [3.05, 3.63) is 0 Å². The molecular weight excluding hydrogens is 433 g/mol. The van der Waals surface area contributed by atoms with Gasteiger partial charge in [-0.25, -0.2) is 0 Å². The third kappa shape index (κ3) is 9.43. The Labute approximate surface area is 198 Å². The minimum Gasteiger partial charge on any atom is -0.518 e. The predicted molar refractivity (Wildman–Crippen MR) is 146 cm³/mol. The lowest BCUT2D eigenvalue weighted by Gasteiger charge is -2.42. The van der Waals surface area contributed by atoms with Crippen LogP contribution in [-0.4, -0.2) is 43.3 Å². The maximum absolute atomic E-state index is 13.3. The molecule has 0 saturated heterocycles. The summed E-state index contributed by atoms with van der Waals surface area (Å²) in [7, 11) is -5.42. The summed E-state index contributed by atoms with van der Waals surface area (Å²) in [6.07, 6.45) is 2.97. The van der Waals surface area contributed by atoms with Gasteiger partial charge in [0.1, 0.15) is 16.5 Å². The molecule has 0 heterocycles. The van der Waals surface area contributed by atoms with E-state index < -0.39 is 24.8 Å². The van der Waals surface area contributed by atoms with Gasteiger partial charge in [-0.2, -0.15) is 0 Å². The van der Waals surface area contributed by atoms with E-state index in [1.54, 1.807) is 0 Å². The van der Waals surface area contributed by atoms with E-state index in [4.69, 9.17) is 4.43 Å².